The second kappa shape index (κ2) is 27.9. The summed E-state index contributed by atoms with van der Waals surface area (Å²) in [5.41, 5.74) is 12.2. The lowest BCUT2D eigenvalue weighted by Crippen LogP contribution is -2.23. The first-order valence-corrected chi connectivity index (χ1v) is 27.1. The summed E-state index contributed by atoms with van der Waals surface area (Å²) < 4.78 is 30.1. The third-order valence-corrected chi connectivity index (χ3v) is 14.1. The number of halogens is 4. The first kappa shape index (κ1) is 61.2. The van der Waals surface area contributed by atoms with E-state index in [1.54, 1.807) is 71.6 Å². The minimum Gasteiger partial charge on any atom is -0.496 e. The Labute approximate surface area is 498 Å². The summed E-state index contributed by atoms with van der Waals surface area (Å²) in [6, 6.07) is 19.1. The average Bonchev–Trinajstić information content (AvgIpc) is 4.50. The Bertz CT molecular complexity index is 3730. The number of benzene rings is 2. The zero-order valence-corrected chi connectivity index (χ0v) is 49.3. The molecule has 2 aromatic carbocycles. The van der Waals surface area contributed by atoms with Crippen LogP contribution >= 0.6 is 47.2 Å². The van der Waals surface area contributed by atoms with Crippen molar-refractivity contribution >= 4 is 93.0 Å². The lowest BCUT2D eigenvalue weighted by molar-refractivity contribution is 0.196. The molecule has 440 valence electrons. The second-order valence-electron chi connectivity index (χ2n) is 19.0. The molecule has 0 saturated carbocycles. The normalized spacial score (nSPS) is 16.2. The number of anilines is 5. The van der Waals surface area contributed by atoms with Crippen molar-refractivity contribution in [3.8, 4) is 34.4 Å². The fourth-order valence-electron chi connectivity index (χ4n) is 9.22. The molecule has 0 aliphatic carbocycles. The lowest BCUT2D eigenvalue weighted by Gasteiger charge is -2.18. The minimum atomic E-state index is -0.327. The van der Waals surface area contributed by atoms with Crippen molar-refractivity contribution in [2.45, 2.75) is 51.4 Å². The molecule has 29 heteroatoms. The standard InChI is InChI=1S/C22H25N7O2.C12H15N3O3.C10H11ClN4O.C6H3Cl2N3.C4H9NO.ClH/c1-14-9-16(10-19(31-3)15(14)2)28-12-20(23-13-28)24-22-25-21(27-8-6-17(30)11-27)18-5-4-7-29(18)26-22;1-16-9-4-8(15-6-11(13)14-7-15)5-10(17-2)12(9)18-3;11-10-12-9(14-5-3-7(16)6-14)8-2-1-4-15(8)13-10;7-5-4-2-1-3-11(4)10-6(8)9-5;6-4-1-2-5-3-4;/h4-5,7,9-10,12-13,17,30H,6,8,11H2,1-3H3,(H,24,26);4-7H,13H2,1-3H3;1-2,4,7,16H,3,5-6H2;1-3H;4-6H,1-3H2;1H/t17-;;7-;;4-;/m0.0.0./s1. The van der Waals surface area contributed by atoms with Gasteiger partial charge in [-0.1, -0.05) is 11.6 Å². The summed E-state index contributed by atoms with van der Waals surface area (Å²) in [5.74, 6) is 5.69. The van der Waals surface area contributed by atoms with E-state index in [4.69, 9.17) is 69.6 Å². The van der Waals surface area contributed by atoms with E-state index in [9.17, 15) is 10.2 Å². The molecule has 83 heavy (non-hydrogen) atoms. The highest BCUT2D eigenvalue weighted by Crippen LogP contribution is 2.39. The molecule has 13 rings (SSSR count). The number of fused-ring (bicyclic) bond motifs is 3. The molecular weight excluding hydrogens is 1150 g/mol. The van der Waals surface area contributed by atoms with Crippen molar-refractivity contribution in [1.29, 1.82) is 0 Å². The number of nitrogen functional groups attached to an aromatic ring is 1. The van der Waals surface area contributed by atoms with Crippen LogP contribution in [0, 0.1) is 13.8 Å². The number of rotatable bonds is 10. The van der Waals surface area contributed by atoms with Gasteiger partial charge in [0.05, 0.1) is 70.5 Å². The van der Waals surface area contributed by atoms with Gasteiger partial charge < -0.3 is 69.6 Å². The van der Waals surface area contributed by atoms with Gasteiger partial charge in [-0.25, -0.2) is 28.5 Å². The number of methoxy groups -OCH3 is 4. The maximum atomic E-state index is 9.94. The van der Waals surface area contributed by atoms with Crippen LogP contribution in [0.4, 0.5) is 29.2 Å². The Morgan fingerprint density at radius 1 is 0.627 bits per heavy atom. The van der Waals surface area contributed by atoms with Crippen molar-refractivity contribution in [2.24, 2.45) is 0 Å². The summed E-state index contributed by atoms with van der Waals surface area (Å²) in [5, 5.41) is 47.6. The predicted octanol–water partition coefficient (Wildman–Crippen LogP) is 7.09. The fraction of sp³-hybridized carbons (Fsp3) is 0.333. The van der Waals surface area contributed by atoms with Crippen LogP contribution in [0.1, 0.15) is 30.4 Å². The number of β-amino-alcohol motifs (C(OH)–C–C–N with tert-alkyl or cyclic N) is 3. The third kappa shape index (κ3) is 14.9. The number of aromatic nitrogens is 13. The van der Waals surface area contributed by atoms with Gasteiger partial charge in [-0.05, 0) is 116 Å². The van der Waals surface area contributed by atoms with Crippen molar-refractivity contribution in [3.05, 3.63) is 131 Å². The Balaban J connectivity index is 0.000000148. The van der Waals surface area contributed by atoms with E-state index >= 15 is 0 Å². The minimum absolute atomic E-state index is 0. The van der Waals surface area contributed by atoms with E-state index in [2.05, 4.69) is 63.8 Å². The SMILES string of the molecule is COc1cc(-n2cnc(N)c2)cc(OC)c1OC.COc1cc(-n2cnc(Nc3nc(N4CC[C@H](O)C4)c4cccn4n3)c2)cc(C)c1C.Cl.Clc1nc(Cl)c2cccn2n1.O[C@H]1CCN(c2nc(Cl)nn3cccc23)C1.O[C@H]1CCNC1. The summed E-state index contributed by atoms with van der Waals surface area (Å²) >= 11 is 17.2. The largest absolute Gasteiger partial charge is 0.496 e. The molecule has 10 aromatic rings. The molecule has 3 aliphatic rings. The van der Waals surface area contributed by atoms with Crippen LogP contribution in [0.25, 0.3) is 27.9 Å². The first-order chi connectivity index (χ1) is 39.6. The van der Waals surface area contributed by atoms with Crippen LogP contribution in [0.5, 0.6) is 23.0 Å². The van der Waals surface area contributed by atoms with Gasteiger partial charge in [-0.15, -0.1) is 27.7 Å². The van der Waals surface area contributed by atoms with Crippen molar-refractivity contribution in [1.82, 2.24) is 68.2 Å². The van der Waals surface area contributed by atoms with Gasteiger partial charge in [0.15, 0.2) is 34.1 Å². The van der Waals surface area contributed by atoms with E-state index in [-0.39, 0.29) is 41.3 Å². The summed E-state index contributed by atoms with van der Waals surface area (Å²) in [6.07, 6.45) is 14.2. The van der Waals surface area contributed by atoms with Crippen LogP contribution in [-0.2, 0) is 0 Å². The Morgan fingerprint density at radius 3 is 1.67 bits per heavy atom. The van der Waals surface area contributed by atoms with E-state index < -0.39 is 0 Å². The van der Waals surface area contributed by atoms with Gasteiger partial charge in [0.25, 0.3) is 0 Å². The smallest absolute Gasteiger partial charge is 0.248 e. The van der Waals surface area contributed by atoms with Crippen molar-refractivity contribution < 1.29 is 34.3 Å². The molecule has 8 aromatic heterocycles. The highest BCUT2D eigenvalue weighted by atomic mass is 35.5. The molecule has 0 bridgehead atoms. The molecule has 3 fully saturated rings. The number of ether oxygens (including phenoxy) is 4. The zero-order chi connectivity index (χ0) is 58.0. The van der Waals surface area contributed by atoms with Gasteiger partial charge in [0.2, 0.25) is 22.3 Å². The number of aliphatic hydroxyl groups excluding tert-OH is 3. The molecular formula is C54H64Cl4N18O7. The maximum Gasteiger partial charge on any atom is 0.248 e. The van der Waals surface area contributed by atoms with E-state index in [0.717, 1.165) is 102 Å². The molecule has 7 N–H and O–H groups in total. The lowest BCUT2D eigenvalue weighted by atomic mass is 10.1. The number of nitrogens with two attached hydrogens (primary N) is 1. The number of nitrogens with zero attached hydrogens (tertiary/aromatic N) is 15. The molecule has 0 spiro atoms. The Kier molecular flexibility index (Phi) is 20.6. The van der Waals surface area contributed by atoms with E-state index in [1.165, 1.54) is 0 Å². The van der Waals surface area contributed by atoms with Gasteiger partial charge >= 0.3 is 0 Å². The second-order valence-corrected chi connectivity index (χ2v) is 20.1. The quantitative estimate of drug-likeness (QED) is 0.0797. The topological polar surface area (TPSA) is 280 Å². The van der Waals surface area contributed by atoms with Crippen LogP contribution in [0.3, 0.4) is 0 Å². The summed E-state index contributed by atoms with van der Waals surface area (Å²) in [4.78, 5) is 25.3. The number of hydrogen-bond acceptors (Lipinski definition) is 20. The highest BCUT2D eigenvalue weighted by Gasteiger charge is 2.26. The van der Waals surface area contributed by atoms with Crippen LogP contribution in [0.15, 0.2) is 104 Å². The predicted molar refractivity (Wildman–Crippen MR) is 321 cm³/mol. The number of aryl methyl sites for hydroxylation is 1. The van der Waals surface area contributed by atoms with Gasteiger partial charge in [0.1, 0.15) is 40.8 Å². The van der Waals surface area contributed by atoms with Crippen molar-refractivity contribution in [2.75, 3.05) is 88.6 Å². The van der Waals surface area contributed by atoms with Gasteiger partial charge in [-0.2, -0.15) is 9.97 Å². The Morgan fingerprint density at radius 2 is 1.16 bits per heavy atom. The number of nitrogens with one attached hydrogen (secondary N) is 2. The number of imidazole rings is 2. The van der Waals surface area contributed by atoms with Crippen molar-refractivity contribution in [3.63, 3.8) is 0 Å². The maximum absolute atomic E-state index is 9.94. The molecule has 3 saturated heterocycles. The molecule has 11 heterocycles. The molecule has 3 atom stereocenters. The van der Waals surface area contributed by atoms with Crippen LogP contribution in [-0.4, -0.2) is 164 Å². The Hall–Kier alpha value is -7.88. The van der Waals surface area contributed by atoms with Gasteiger partial charge in [-0.3, -0.25) is 0 Å². The summed E-state index contributed by atoms with van der Waals surface area (Å²) in [6.45, 7) is 8.63. The molecule has 3 aliphatic heterocycles. The monoisotopic (exact) mass is 1220 g/mol. The van der Waals surface area contributed by atoms with Crippen LogP contribution < -0.4 is 45.1 Å². The van der Waals surface area contributed by atoms with E-state index in [0.29, 0.717) is 53.1 Å². The first-order valence-electron chi connectivity index (χ1n) is 26.0. The van der Waals surface area contributed by atoms with Crippen LogP contribution in [0.2, 0.25) is 15.7 Å². The molecule has 25 nitrogen and oxygen atoms in total. The molecule has 0 radical (unpaired) electrons. The molecule has 0 amide bonds. The number of aliphatic hydroxyl groups is 3. The van der Waals surface area contributed by atoms with Gasteiger partial charge in [0, 0.05) is 69.5 Å². The number of hydrogen-bond donors (Lipinski definition) is 6. The van der Waals surface area contributed by atoms with E-state index in [1.807, 2.05) is 89.6 Å². The third-order valence-electron chi connectivity index (χ3n) is 13.5. The fourth-order valence-corrected chi connectivity index (χ4v) is 9.82. The molecule has 0 unspecified atom stereocenters. The zero-order valence-electron chi connectivity index (χ0n) is 46.2. The average molecular weight is 1220 g/mol. The summed E-state index contributed by atoms with van der Waals surface area (Å²) in [7, 11) is 6.39. The highest BCUT2D eigenvalue weighted by molar-refractivity contribution is 6.34.